The molecule has 7 heteroatoms. The van der Waals surface area contributed by atoms with Crippen LogP contribution in [0.5, 0.6) is 11.5 Å². The van der Waals surface area contributed by atoms with E-state index >= 15 is 0 Å². The Morgan fingerprint density at radius 1 is 1.24 bits per heavy atom. The summed E-state index contributed by atoms with van der Waals surface area (Å²) in [5.41, 5.74) is 1.15. The normalized spacial score (nSPS) is 11.7. The molecule has 0 saturated carbocycles. The van der Waals surface area contributed by atoms with Crippen molar-refractivity contribution >= 4 is 29.1 Å². The predicted molar refractivity (Wildman–Crippen MR) is 98.9 cm³/mol. The third kappa shape index (κ3) is 5.00. The Morgan fingerprint density at radius 3 is 2.64 bits per heavy atom. The van der Waals surface area contributed by atoms with Gasteiger partial charge in [-0.25, -0.2) is 4.98 Å². The summed E-state index contributed by atoms with van der Waals surface area (Å²) >= 11 is 11.7. The zero-order valence-corrected chi connectivity index (χ0v) is 15.8. The lowest BCUT2D eigenvalue weighted by atomic mass is 10.1. The molecular formula is C18H20Cl2N2O3. The molecule has 1 amide bonds. The lowest BCUT2D eigenvalue weighted by Crippen LogP contribution is -2.27. The van der Waals surface area contributed by atoms with Gasteiger partial charge in [-0.1, -0.05) is 36.2 Å². The van der Waals surface area contributed by atoms with Crippen LogP contribution in [-0.4, -0.2) is 24.6 Å². The number of halogens is 2. The minimum Gasteiger partial charge on any atom is -0.493 e. The lowest BCUT2D eigenvalue weighted by Gasteiger charge is -2.17. The minimum atomic E-state index is -0.327. The molecular weight excluding hydrogens is 363 g/mol. The Hall–Kier alpha value is -1.98. The second-order valence-electron chi connectivity index (χ2n) is 5.43. The maximum absolute atomic E-state index is 12.4. The van der Waals surface area contributed by atoms with Crippen LogP contribution in [0.15, 0.2) is 30.3 Å². The van der Waals surface area contributed by atoms with Gasteiger partial charge in [0.25, 0.3) is 5.91 Å². The summed E-state index contributed by atoms with van der Waals surface area (Å²) in [6, 6.07) is 8.38. The molecule has 1 atom stereocenters. The first kappa shape index (κ1) is 19.3. The van der Waals surface area contributed by atoms with Crippen molar-refractivity contribution in [3.63, 3.8) is 0 Å². The number of nitrogens with one attached hydrogen (secondary N) is 1. The molecule has 2 rings (SSSR count). The van der Waals surface area contributed by atoms with Crippen molar-refractivity contribution in [3.8, 4) is 11.5 Å². The fourth-order valence-corrected chi connectivity index (χ4v) is 2.65. The van der Waals surface area contributed by atoms with E-state index in [-0.39, 0.29) is 27.8 Å². The Bertz CT molecular complexity index is 753. The number of hydrogen-bond acceptors (Lipinski definition) is 4. The van der Waals surface area contributed by atoms with Crippen LogP contribution in [0.25, 0.3) is 0 Å². The molecule has 0 spiro atoms. The number of carbonyl (C=O) groups is 1. The molecule has 0 aliphatic heterocycles. The van der Waals surface area contributed by atoms with E-state index in [0.717, 1.165) is 12.0 Å². The van der Waals surface area contributed by atoms with Crippen molar-refractivity contribution in [2.75, 3.05) is 13.7 Å². The van der Waals surface area contributed by atoms with Gasteiger partial charge in [-0.3, -0.25) is 4.79 Å². The van der Waals surface area contributed by atoms with Crippen LogP contribution in [0, 0.1) is 0 Å². The van der Waals surface area contributed by atoms with Gasteiger partial charge in [0.2, 0.25) is 0 Å². The van der Waals surface area contributed by atoms with Crippen LogP contribution in [0.3, 0.4) is 0 Å². The van der Waals surface area contributed by atoms with E-state index < -0.39 is 0 Å². The number of hydrogen-bond donors (Lipinski definition) is 1. The molecule has 1 unspecified atom stereocenters. The van der Waals surface area contributed by atoms with Crippen molar-refractivity contribution in [2.45, 2.75) is 26.3 Å². The quantitative estimate of drug-likeness (QED) is 0.706. The first-order chi connectivity index (χ1) is 12.0. The first-order valence-electron chi connectivity index (χ1n) is 7.89. The molecule has 0 saturated heterocycles. The van der Waals surface area contributed by atoms with Crippen LogP contribution in [-0.2, 0) is 0 Å². The summed E-state index contributed by atoms with van der Waals surface area (Å²) < 4.78 is 11.0. The highest BCUT2D eigenvalue weighted by Crippen LogP contribution is 2.30. The van der Waals surface area contributed by atoms with Crippen molar-refractivity contribution in [1.29, 1.82) is 0 Å². The van der Waals surface area contributed by atoms with E-state index in [0.29, 0.717) is 18.1 Å². The standard InChI is InChI=1S/C18H20Cl2N2O3/c1-4-9-25-14-7-5-12(10-15(14)24-3)11(2)21-18(23)13-6-8-16(19)22-17(13)20/h5-8,10-11H,4,9H2,1-3H3,(H,21,23). The zero-order chi connectivity index (χ0) is 18.4. The van der Waals surface area contributed by atoms with Gasteiger partial charge in [-0.2, -0.15) is 0 Å². The molecule has 0 aliphatic rings. The Balaban J connectivity index is 2.14. The maximum Gasteiger partial charge on any atom is 0.254 e. The smallest absolute Gasteiger partial charge is 0.254 e. The van der Waals surface area contributed by atoms with Gasteiger partial charge in [0, 0.05) is 0 Å². The molecule has 1 aromatic carbocycles. The number of pyridine rings is 1. The molecule has 0 radical (unpaired) electrons. The molecule has 0 fully saturated rings. The molecule has 1 N–H and O–H groups in total. The second-order valence-corrected chi connectivity index (χ2v) is 6.17. The number of aromatic nitrogens is 1. The molecule has 1 heterocycles. The van der Waals surface area contributed by atoms with Crippen molar-refractivity contribution in [3.05, 3.63) is 51.8 Å². The Morgan fingerprint density at radius 2 is 2.00 bits per heavy atom. The van der Waals surface area contributed by atoms with Gasteiger partial charge in [0.1, 0.15) is 10.3 Å². The molecule has 5 nitrogen and oxygen atoms in total. The van der Waals surface area contributed by atoms with Gasteiger partial charge in [0.05, 0.1) is 25.3 Å². The van der Waals surface area contributed by atoms with Crippen molar-refractivity contribution < 1.29 is 14.3 Å². The fourth-order valence-electron chi connectivity index (χ4n) is 2.22. The number of benzene rings is 1. The van der Waals surface area contributed by atoms with Crippen molar-refractivity contribution in [2.24, 2.45) is 0 Å². The number of nitrogens with zero attached hydrogens (tertiary/aromatic N) is 1. The summed E-state index contributed by atoms with van der Waals surface area (Å²) in [7, 11) is 1.58. The van der Waals surface area contributed by atoms with Gasteiger partial charge in [-0.15, -0.1) is 0 Å². The van der Waals surface area contributed by atoms with E-state index in [9.17, 15) is 4.79 Å². The largest absolute Gasteiger partial charge is 0.493 e. The van der Waals surface area contributed by atoms with Crippen LogP contribution < -0.4 is 14.8 Å². The van der Waals surface area contributed by atoms with E-state index in [1.54, 1.807) is 13.2 Å². The lowest BCUT2D eigenvalue weighted by molar-refractivity contribution is 0.0939. The summed E-state index contributed by atoms with van der Waals surface area (Å²) in [6.07, 6.45) is 0.910. The average molecular weight is 383 g/mol. The summed E-state index contributed by atoms with van der Waals surface area (Å²) in [5.74, 6) is 0.974. The van der Waals surface area contributed by atoms with Gasteiger partial charge >= 0.3 is 0 Å². The third-order valence-electron chi connectivity index (χ3n) is 3.56. The van der Waals surface area contributed by atoms with E-state index in [1.165, 1.54) is 6.07 Å². The van der Waals surface area contributed by atoms with Crippen LogP contribution in [0.2, 0.25) is 10.3 Å². The summed E-state index contributed by atoms with van der Waals surface area (Å²) in [6.45, 7) is 4.52. The molecule has 2 aromatic rings. The zero-order valence-electron chi connectivity index (χ0n) is 14.3. The van der Waals surface area contributed by atoms with Crippen molar-refractivity contribution in [1.82, 2.24) is 10.3 Å². The average Bonchev–Trinajstić information content (AvgIpc) is 2.59. The number of rotatable bonds is 7. The summed E-state index contributed by atoms with van der Waals surface area (Å²) in [4.78, 5) is 16.3. The number of amides is 1. The Kier molecular flexibility index (Phi) is 6.91. The van der Waals surface area contributed by atoms with Gasteiger partial charge < -0.3 is 14.8 Å². The fraction of sp³-hybridized carbons (Fsp3) is 0.333. The molecule has 134 valence electrons. The number of carbonyl (C=O) groups excluding carboxylic acids is 1. The monoisotopic (exact) mass is 382 g/mol. The maximum atomic E-state index is 12.4. The number of methoxy groups -OCH3 is 1. The first-order valence-corrected chi connectivity index (χ1v) is 8.65. The SMILES string of the molecule is CCCOc1ccc(C(C)NC(=O)c2ccc(Cl)nc2Cl)cc1OC. The highest BCUT2D eigenvalue weighted by molar-refractivity contribution is 6.34. The topological polar surface area (TPSA) is 60.5 Å². The van der Waals surface area contributed by atoms with E-state index in [2.05, 4.69) is 10.3 Å². The van der Waals surface area contributed by atoms with Crippen LogP contribution in [0.1, 0.15) is 42.2 Å². The third-order valence-corrected chi connectivity index (χ3v) is 4.05. The van der Waals surface area contributed by atoms with Gasteiger partial charge in [-0.05, 0) is 43.2 Å². The summed E-state index contributed by atoms with van der Waals surface area (Å²) in [5, 5.41) is 3.19. The van der Waals surface area contributed by atoms with Crippen LogP contribution in [0.4, 0.5) is 0 Å². The molecule has 0 bridgehead atoms. The highest BCUT2D eigenvalue weighted by Gasteiger charge is 2.17. The Labute approximate surface area is 157 Å². The molecule has 1 aromatic heterocycles. The highest BCUT2D eigenvalue weighted by atomic mass is 35.5. The molecule has 25 heavy (non-hydrogen) atoms. The number of ether oxygens (including phenoxy) is 2. The molecule has 0 aliphatic carbocycles. The minimum absolute atomic E-state index is 0.0677. The van der Waals surface area contributed by atoms with Crippen LogP contribution >= 0.6 is 23.2 Å². The predicted octanol–water partition coefficient (Wildman–Crippen LogP) is 4.68. The second kappa shape index (κ2) is 8.92. The van der Waals surface area contributed by atoms with Gasteiger partial charge in [0.15, 0.2) is 11.5 Å². The van der Waals surface area contributed by atoms with E-state index in [4.69, 9.17) is 32.7 Å². The van der Waals surface area contributed by atoms with E-state index in [1.807, 2.05) is 32.0 Å².